The Hall–Kier alpha value is -1.66. The summed E-state index contributed by atoms with van der Waals surface area (Å²) in [7, 11) is 0. The third-order valence-electron chi connectivity index (χ3n) is 2.66. The van der Waals surface area contributed by atoms with Crippen molar-refractivity contribution in [2.75, 3.05) is 11.1 Å². The van der Waals surface area contributed by atoms with Crippen molar-refractivity contribution >= 4 is 40.5 Å². The lowest BCUT2D eigenvalue weighted by Gasteiger charge is -2.12. The lowest BCUT2D eigenvalue weighted by atomic mass is 9.98. The molecular weight excluding hydrogens is 308 g/mol. The Balaban J connectivity index is 0.00000220. The highest BCUT2D eigenvalue weighted by Gasteiger charge is 2.19. The number of amides is 1. The van der Waals surface area contributed by atoms with E-state index in [1.54, 1.807) is 12.1 Å². The van der Waals surface area contributed by atoms with Crippen molar-refractivity contribution in [2.45, 2.75) is 32.6 Å². The summed E-state index contributed by atoms with van der Waals surface area (Å²) >= 11 is 1.41. The summed E-state index contributed by atoms with van der Waals surface area (Å²) in [6.07, 6.45) is 0.296. The van der Waals surface area contributed by atoms with Gasteiger partial charge in [-0.25, -0.2) is 0 Å². The van der Waals surface area contributed by atoms with E-state index in [9.17, 15) is 4.79 Å². The van der Waals surface area contributed by atoms with E-state index in [-0.39, 0.29) is 23.7 Å². The standard InChI is InChI=1S/C14H18N4OS.ClH/c1-14(2,3)12-17-18-13(20-12)16-11(19)8-9-4-6-10(15)7-5-9;/h4-7H,8,15H2,1-3H3,(H,16,18,19);1H. The molecule has 1 heterocycles. The Kier molecular flexibility index (Phi) is 5.69. The number of benzene rings is 1. The van der Waals surface area contributed by atoms with Gasteiger partial charge in [-0.05, 0) is 17.7 Å². The number of nitrogen functional groups attached to an aromatic ring is 1. The second-order valence-electron chi connectivity index (χ2n) is 5.63. The van der Waals surface area contributed by atoms with Crippen molar-refractivity contribution < 1.29 is 4.79 Å². The Morgan fingerprint density at radius 2 is 1.86 bits per heavy atom. The molecular formula is C14H19ClN4OS. The van der Waals surface area contributed by atoms with Crippen LogP contribution in [0.15, 0.2) is 24.3 Å². The van der Waals surface area contributed by atoms with E-state index in [1.165, 1.54) is 11.3 Å². The first-order valence-corrected chi connectivity index (χ1v) is 7.14. The number of hydrogen-bond donors (Lipinski definition) is 2. The van der Waals surface area contributed by atoms with Crippen LogP contribution in [-0.4, -0.2) is 16.1 Å². The van der Waals surface area contributed by atoms with Crippen LogP contribution in [0.25, 0.3) is 0 Å². The highest BCUT2D eigenvalue weighted by atomic mass is 35.5. The summed E-state index contributed by atoms with van der Waals surface area (Å²) in [4.78, 5) is 11.9. The molecule has 7 heteroatoms. The molecule has 0 radical (unpaired) electrons. The van der Waals surface area contributed by atoms with Gasteiger partial charge < -0.3 is 11.1 Å². The minimum atomic E-state index is -0.105. The number of carbonyl (C=O) groups is 1. The van der Waals surface area contributed by atoms with Crippen molar-refractivity contribution in [3.63, 3.8) is 0 Å². The predicted octanol–water partition coefficient (Wildman–Crippen LogP) is 3.02. The highest BCUT2D eigenvalue weighted by Crippen LogP contribution is 2.27. The summed E-state index contributed by atoms with van der Waals surface area (Å²) in [5, 5.41) is 12.3. The molecule has 0 aliphatic rings. The molecule has 3 N–H and O–H groups in total. The van der Waals surface area contributed by atoms with Crippen molar-refractivity contribution in [1.29, 1.82) is 0 Å². The molecule has 1 aromatic carbocycles. The number of aromatic nitrogens is 2. The van der Waals surface area contributed by atoms with E-state index in [0.29, 0.717) is 17.2 Å². The lowest BCUT2D eigenvalue weighted by Crippen LogP contribution is -2.14. The van der Waals surface area contributed by atoms with Gasteiger partial charge in [0.05, 0.1) is 6.42 Å². The highest BCUT2D eigenvalue weighted by molar-refractivity contribution is 7.15. The predicted molar refractivity (Wildman–Crippen MR) is 89.0 cm³/mol. The van der Waals surface area contributed by atoms with Crippen molar-refractivity contribution in [2.24, 2.45) is 0 Å². The summed E-state index contributed by atoms with van der Waals surface area (Å²) in [6, 6.07) is 7.25. The largest absolute Gasteiger partial charge is 0.399 e. The maximum atomic E-state index is 11.9. The van der Waals surface area contributed by atoms with Crippen LogP contribution in [0.1, 0.15) is 31.3 Å². The van der Waals surface area contributed by atoms with Gasteiger partial charge in [-0.15, -0.1) is 22.6 Å². The lowest BCUT2D eigenvalue weighted by molar-refractivity contribution is -0.115. The Morgan fingerprint density at radius 1 is 1.24 bits per heavy atom. The van der Waals surface area contributed by atoms with Crippen LogP contribution < -0.4 is 11.1 Å². The van der Waals surface area contributed by atoms with Crippen LogP contribution >= 0.6 is 23.7 Å². The van der Waals surface area contributed by atoms with Crippen molar-refractivity contribution in [1.82, 2.24) is 10.2 Å². The maximum absolute atomic E-state index is 11.9. The molecule has 0 unspecified atom stereocenters. The summed E-state index contributed by atoms with van der Waals surface area (Å²) < 4.78 is 0. The van der Waals surface area contributed by atoms with Gasteiger partial charge in [-0.1, -0.05) is 44.2 Å². The molecule has 1 aromatic heterocycles. The van der Waals surface area contributed by atoms with Gasteiger partial charge >= 0.3 is 0 Å². The third-order valence-corrected chi connectivity index (χ3v) is 3.92. The SMILES string of the molecule is CC(C)(C)c1nnc(NC(=O)Cc2ccc(N)cc2)s1.Cl. The molecule has 0 bridgehead atoms. The number of halogens is 1. The normalized spacial score (nSPS) is 10.8. The summed E-state index contributed by atoms with van der Waals surface area (Å²) in [5.74, 6) is -0.105. The van der Waals surface area contributed by atoms with E-state index in [0.717, 1.165) is 10.6 Å². The number of rotatable bonds is 3. The number of nitrogens with one attached hydrogen (secondary N) is 1. The zero-order valence-corrected chi connectivity index (χ0v) is 13.8. The molecule has 5 nitrogen and oxygen atoms in total. The van der Waals surface area contributed by atoms with Gasteiger partial charge in [0.25, 0.3) is 0 Å². The average molecular weight is 327 g/mol. The molecule has 0 saturated carbocycles. The first kappa shape index (κ1) is 17.4. The van der Waals surface area contributed by atoms with Crippen LogP contribution in [0.3, 0.4) is 0 Å². The number of hydrogen-bond acceptors (Lipinski definition) is 5. The Bertz CT molecular complexity index is 604. The van der Waals surface area contributed by atoms with Crippen LogP contribution in [-0.2, 0) is 16.6 Å². The Morgan fingerprint density at radius 3 is 2.38 bits per heavy atom. The molecule has 2 rings (SSSR count). The second-order valence-corrected chi connectivity index (χ2v) is 6.61. The van der Waals surface area contributed by atoms with Gasteiger partial charge in [-0.3, -0.25) is 4.79 Å². The minimum Gasteiger partial charge on any atom is -0.399 e. The fourth-order valence-corrected chi connectivity index (χ4v) is 2.38. The molecule has 0 saturated heterocycles. The first-order chi connectivity index (χ1) is 9.34. The quantitative estimate of drug-likeness (QED) is 0.849. The van der Waals surface area contributed by atoms with E-state index in [1.807, 2.05) is 12.1 Å². The number of carbonyl (C=O) groups excluding carboxylic acids is 1. The topological polar surface area (TPSA) is 80.9 Å². The fraction of sp³-hybridized carbons (Fsp3) is 0.357. The second kappa shape index (κ2) is 6.87. The molecule has 21 heavy (non-hydrogen) atoms. The summed E-state index contributed by atoms with van der Waals surface area (Å²) in [5.41, 5.74) is 7.15. The van der Waals surface area contributed by atoms with Gasteiger partial charge in [0.15, 0.2) is 0 Å². The number of nitrogens with zero attached hydrogens (tertiary/aromatic N) is 2. The van der Waals surface area contributed by atoms with Crippen LogP contribution in [0, 0.1) is 0 Å². The van der Waals surface area contributed by atoms with E-state index >= 15 is 0 Å². The molecule has 0 spiro atoms. The molecule has 2 aromatic rings. The zero-order chi connectivity index (χ0) is 14.8. The fourth-order valence-electron chi connectivity index (χ4n) is 1.56. The monoisotopic (exact) mass is 326 g/mol. The number of anilines is 2. The Labute approximate surface area is 134 Å². The van der Waals surface area contributed by atoms with Gasteiger partial charge in [-0.2, -0.15) is 0 Å². The maximum Gasteiger partial charge on any atom is 0.230 e. The van der Waals surface area contributed by atoms with Crippen LogP contribution in [0.5, 0.6) is 0 Å². The average Bonchev–Trinajstić information content (AvgIpc) is 2.80. The van der Waals surface area contributed by atoms with E-state index in [2.05, 4.69) is 36.3 Å². The van der Waals surface area contributed by atoms with Crippen molar-refractivity contribution in [3.05, 3.63) is 34.8 Å². The molecule has 0 aliphatic heterocycles. The van der Waals surface area contributed by atoms with Gasteiger partial charge in [0.1, 0.15) is 5.01 Å². The number of nitrogens with two attached hydrogens (primary N) is 1. The minimum absolute atomic E-state index is 0. The smallest absolute Gasteiger partial charge is 0.230 e. The molecule has 0 fully saturated rings. The van der Waals surface area contributed by atoms with E-state index in [4.69, 9.17) is 5.73 Å². The zero-order valence-electron chi connectivity index (χ0n) is 12.2. The summed E-state index contributed by atoms with van der Waals surface area (Å²) in [6.45, 7) is 6.19. The molecule has 1 amide bonds. The van der Waals surface area contributed by atoms with Crippen LogP contribution in [0.2, 0.25) is 0 Å². The molecule has 114 valence electrons. The van der Waals surface area contributed by atoms with Crippen molar-refractivity contribution in [3.8, 4) is 0 Å². The van der Waals surface area contributed by atoms with E-state index < -0.39 is 0 Å². The van der Waals surface area contributed by atoms with Gasteiger partial charge in [0, 0.05) is 11.1 Å². The van der Waals surface area contributed by atoms with Gasteiger partial charge in [0.2, 0.25) is 11.0 Å². The molecule has 0 atom stereocenters. The van der Waals surface area contributed by atoms with Crippen LogP contribution in [0.4, 0.5) is 10.8 Å². The third kappa shape index (κ3) is 4.99. The molecule has 0 aliphatic carbocycles. The first-order valence-electron chi connectivity index (χ1n) is 6.33.